The van der Waals surface area contributed by atoms with Crippen LogP contribution in [0.25, 0.3) is 0 Å². The summed E-state index contributed by atoms with van der Waals surface area (Å²) >= 11 is 5.55. The molecule has 1 unspecified atom stereocenters. The lowest BCUT2D eigenvalue weighted by molar-refractivity contribution is -0.154. The Morgan fingerprint density at radius 3 is 2.60 bits per heavy atom. The first-order valence-corrected chi connectivity index (χ1v) is 5.82. The maximum atomic E-state index is 12.9. The minimum Gasteiger partial charge on any atom is -0.409 e. The van der Waals surface area contributed by atoms with Crippen LogP contribution in [0, 0.1) is 11.7 Å². The summed E-state index contributed by atoms with van der Waals surface area (Å²) in [5.41, 5.74) is 5.51. The molecule has 0 amide bonds. The Hall–Kier alpha value is -1.54. The number of rotatable bonds is 5. The lowest BCUT2D eigenvalue weighted by atomic mass is 10.1. The van der Waals surface area contributed by atoms with Gasteiger partial charge in [-0.25, -0.2) is 4.39 Å². The summed E-state index contributed by atoms with van der Waals surface area (Å²) in [5.74, 6) is -3.65. The van der Waals surface area contributed by atoms with E-state index in [1.165, 1.54) is 12.1 Å². The summed E-state index contributed by atoms with van der Waals surface area (Å²) < 4.78 is 50.7. The molecule has 4 N–H and O–H groups in total. The molecule has 0 spiro atoms. The average molecular weight is 314 g/mol. The van der Waals surface area contributed by atoms with Crippen LogP contribution in [0.4, 0.5) is 17.6 Å². The van der Waals surface area contributed by atoms with Crippen LogP contribution >= 0.6 is 11.6 Å². The van der Waals surface area contributed by atoms with Gasteiger partial charge >= 0.3 is 6.18 Å². The summed E-state index contributed by atoms with van der Waals surface area (Å²) in [6.07, 6.45) is -4.64. The molecule has 0 saturated carbocycles. The molecule has 1 rings (SSSR count). The third kappa shape index (κ3) is 4.53. The van der Waals surface area contributed by atoms with E-state index in [-0.39, 0.29) is 11.6 Å². The highest BCUT2D eigenvalue weighted by molar-refractivity contribution is 6.30. The number of nitrogens with one attached hydrogen (secondary N) is 1. The fraction of sp³-hybridized carbons (Fsp3) is 0.364. The SMILES string of the molecule is N/C(=N/O)C(CNCc1ccc(F)c(Cl)c1)C(F)(F)F. The van der Waals surface area contributed by atoms with E-state index in [1.807, 2.05) is 0 Å². The topological polar surface area (TPSA) is 70.6 Å². The van der Waals surface area contributed by atoms with Gasteiger partial charge in [-0.15, -0.1) is 0 Å². The number of alkyl halides is 3. The van der Waals surface area contributed by atoms with Crippen molar-refractivity contribution in [2.45, 2.75) is 12.7 Å². The third-order valence-electron chi connectivity index (χ3n) is 2.53. The van der Waals surface area contributed by atoms with Crippen LogP contribution in [-0.2, 0) is 6.54 Å². The van der Waals surface area contributed by atoms with E-state index in [0.717, 1.165) is 6.07 Å². The van der Waals surface area contributed by atoms with Crippen molar-refractivity contribution in [3.63, 3.8) is 0 Å². The van der Waals surface area contributed by atoms with Crippen molar-refractivity contribution in [1.82, 2.24) is 5.32 Å². The molecule has 9 heteroatoms. The van der Waals surface area contributed by atoms with Gasteiger partial charge in [-0.3, -0.25) is 0 Å². The molecule has 0 fully saturated rings. The highest BCUT2D eigenvalue weighted by Crippen LogP contribution is 2.26. The number of hydrogen-bond donors (Lipinski definition) is 3. The van der Waals surface area contributed by atoms with Crippen molar-refractivity contribution in [2.75, 3.05) is 6.54 Å². The van der Waals surface area contributed by atoms with E-state index in [9.17, 15) is 17.6 Å². The predicted molar refractivity (Wildman–Crippen MR) is 66.1 cm³/mol. The maximum Gasteiger partial charge on any atom is 0.400 e. The molecule has 0 aromatic heterocycles. The van der Waals surface area contributed by atoms with E-state index in [4.69, 9.17) is 22.5 Å². The first-order chi connectivity index (χ1) is 9.25. The van der Waals surface area contributed by atoms with Gasteiger partial charge in [0.25, 0.3) is 0 Å². The minimum absolute atomic E-state index is 0.0330. The van der Waals surface area contributed by atoms with Crippen LogP contribution in [0.15, 0.2) is 23.4 Å². The van der Waals surface area contributed by atoms with Gasteiger partial charge in [0.05, 0.1) is 5.02 Å². The Bertz CT molecular complexity index is 493. The number of nitrogens with two attached hydrogens (primary N) is 1. The zero-order valence-electron chi connectivity index (χ0n) is 10.1. The van der Waals surface area contributed by atoms with E-state index in [1.54, 1.807) is 0 Å². The number of nitrogens with zero attached hydrogens (tertiary/aromatic N) is 1. The lowest BCUT2D eigenvalue weighted by Crippen LogP contribution is -2.42. The lowest BCUT2D eigenvalue weighted by Gasteiger charge is -2.19. The van der Waals surface area contributed by atoms with Gasteiger partial charge in [-0.2, -0.15) is 13.2 Å². The summed E-state index contributed by atoms with van der Waals surface area (Å²) in [4.78, 5) is 0. The zero-order chi connectivity index (χ0) is 15.3. The minimum atomic E-state index is -4.64. The Labute approximate surface area is 117 Å². The molecular weight excluding hydrogens is 302 g/mol. The van der Waals surface area contributed by atoms with Crippen LogP contribution in [-0.4, -0.2) is 23.8 Å². The van der Waals surface area contributed by atoms with E-state index < -0.39 is 30.3 Å². The first kappa shape index (κ1) is 16.5. The van der Waals surface area contributed by atoms with Gasteiger partial charge in [0.2, 0.25) is 0 Å². The second kappa shape index (κ2) is 6.76. The van der Waals surface area contributed by atoms with Gasteiger partial charge < -0.3 is 16.3 Å². The summed E-state index contributed by atoms with van der Waals surface area (Å²) in [6, 6.07) is 3.81. The Balaban J connectivity index is 2.63. The average Bonchev–Trinajstić information content (AvgIpc) is 2.36. The highest BCUT2D eigenvalue weighted by atomic mass is 35.5. The summed E-state index contributed by atoms with van der Waals surface area (Å²) in [7, 11) is 0. The molecule has 20 heavy (non-hydrogen) atoms. The second-order valence-corrected chi connectivity index (χ2v) is 4.41. The van der Waals surface area contributed by atoms with Gasteiger partial charge in [0.1, 0.15) is 11.7 Å². The molecule has 112 valence electrons. The van der Waals surface area contributed by atoms with Crippen LogP contribution < -0.4 is 11.1 Å². The largest absolute Gasteiger partial charge is 0.409 e. The summed E-state index contributed by atoms with van der Waals surface area (Å²) in [6.45, 7) is -0.542. The van der Waals surface area contributed by atoms with E-state index >= 15 is 0 Å². The molecule has 1 aromatic rings. The number of oxime groups is 1. The van der Waals surface area contributed by atoms with Crippen LogP contribution in [0.2, 0.25) is 5.02 Å². The molecule has 0 saturated heterocycles. The monoisotopic (exact) mass is 313 g/mol. The van der Waals surface area contributed by atoms with Crippen molar-refractivity contribution >= 4 is 17.4 Å². The molecule has 0 radical (unpaired) electrons. The van der Waals surface area contributed by atoms with Crippen molar-refractivity contribution in [3.8, 4) is 0 Å². The molecule has 0 aliphatic rings. The smallest absolute Gasteiger partial charge is 0.400 e. The highest BCUT2D eigenvalue weighted by Gasteiger charge is 2.42. The number of benzene rings is 1. The van der Waals surface area contributed by atoms with Crippen LogP contribution in [0.1, 0.15) is 5.56 Å². The number of halogens is 5. The first-order valence-electron chi connectivity index (χ1n) is 5.44. The predicted octanol–water partition coefficient (Wildman–Crippen LogP) is 2.49. The maximum absolute atomic E-state index is 12.9. The second-order valence-electron chi connectivity index (χ2n) is 4.00. The number of hydrogen-bond acceptors (Lipinski definition) is 3. The molecule has 0 aliphatic heterocycles. The van der Waals surface area contributed by atoms with E-state index in [2.05, 4.69) is 10.5 Å². The fourth-order valence-electron chi connectivity index (χ4n) is 1.47. The Morgan fingerprint density at radius 2 is 2.10 bits per heavy atom. The Kier molecular flexibility index (Phi) is 5.58. The van der Waals surface area contributed by atoms with Crippen molar-refractivity contribution in [2.24, 2.45) is 16.8 Å². The molecular formula is C11H12ClF4N3O. The molecule has 1 aromatic carbocycles. The van der Waals surface area contributed by atoms with Gasteiger partial charge in [-0.1, -0.05) is 22.8 Å². The third-order valence-corrected chi connectivity index (χ3v) is 2.82. The molecule has 0 aliphatic carbocycles. The quantitative estimate of drug-likeness (QED) is 0.257. The summed E-state index contributed by atoms with van der Waals surface area (Å²) in [5, 5.41) is 13.1. The molecule has 0 bridgehead atoms. The van der Waals surface area contributed by atoms with Crippen LogP contribution in [0.3, 0.4) is 0 Å². The number of amidine groups is 1. The normalized spacial score (nSPS) is 14.3. The van der Waals surface area contributed by atoms with Crippen molar-refractivity contribution in [1.29, 1.82) is 0 Å². The zero-order valence-corrected chi connectivity index (χ0v) is 10.8. The van der Waals surface area contributed by atoms with E-state index in [0.29, 0.717) is 5.56 Å². The van der Waals surface area contributed by atoms with Gasteiger partial charge in [0.15, 0.2) is 5.84 Å². The standard InChI is InChI=1S/C11H12ClF4N3O/c12-8-3-6(1-2-9(8)13)4-18-5-7(10(17)19-20)11(14,15)16/h1-3,7,18,20H,4-5H2,(H2,17,19). The van der Waals surface area contributed by atoms with Crippen LogP contribution in [0.5, 0.6) is 0 Å². The Morgan fingerprint density at radius 1 is 1.45 bits per heavy atom. The fourth-order valence-corrected chi connectivity index (χ4v) is 1.67. The van der Waals surface area contributed by atoms with Crippen molar-refractivity contribution in [3.05, 3.63) is 34.6 Å². The molecule has 4 nitrogen and oxygen atoms in total. The molecule has 1 atom stereocenters. The molecule has 0 heterocycles. The van der Waals surface area contributed by atoms with Gasteiger partial charge in [0, 0.05) is 13.1 Å². The van der Waals surface area contributed by atoms with Crippen molar-refractivity contribution < 1.29 is 22.8 Å². The van der Waals surface area contributed by atoms with Gasteiger partial charge in [-0.05, 0) is 17.7 Å².